The van der Waals surface area contributed by atoms with E-state index in [1.54, 1.807) is 19.1 Å². The highest BCUT2D eigenvalue weighted by Gasteiger charge is 2.47. The summed E-state index contributed by atoms with van der Waals surface area (Å²) in [7, 11) is -2.50. The van der Waals surface area contributed by atoms with E-state index >= 15 is 0 Å². The van der Waals surface area contributed by atoms with Crippen molar-refractivity contribution in [1.82, 2.24) is 0 Å². The van der Waals surface area contributed by atoms with Crippen molar-refractivity contribution in [1.29, 1.82) is 0 Å². The van der Waals surface area contributed by atoms with E-state index in [1.165, 1.54) is 19.2 Å². The van der Waals surface area contributed by atoms with Gasteiger partial charge in [-0.05, 0) is 43.5 Å². The summed E-state index contributed by atoms with van der Waals surface area (Å²) >= 11 is 0.822. The summed E-state index contributed by atoms with van der Waals surface area (Å²) in [5.41, 5.74) is 4.51. The number of nitrogens with two attached hydrogens (primary N) is 1. The largest absolute Gasteiger partial charge is 0.497 e. The fourth-order valence-electron chi connectivity index (χ4n) is 2.69. The molecule has 1 aliphatic rings. The molecule has 0 atom stereocenters. The molecule has 1 saturated carbocycles. The lowest BCUT2D eigenvalue weighted by atomic mass is 10.1. The summed E-state index contributed by atoms with van der Waals surface area (Å²) in [6, 6.07) is 5.88. The van der Waals surface area contributed by atoms with Crippen LogP contribution in [0, 0.1) is 6.92 Å². The van der Waals surface area contributed by atoms with Gasteiger partial charge in [-0.15, -0.1) is 11.3 Å². The molecule has 1 amide bonds. The van der Waals surface area contributed by atoms with E-state index in [4.69, 9.17) is 10.5 Å². The molecule has 1 fully saturated rings. The molecular formula is C18H19NO6S2. The van der Waals surface area contributed by atoms with Crippen molar-refractivity contribution in [3.8, 4) is 5.75 Å². The van der Waals surface area contributed by atoms with Gasteiger partial charge in [-0.25, -0.2) is 8.42 Å². The molecule has 2 aromatic rings. The summed E-state index contributed by atoms with van der Waals surface area (Å²) in [5.74, 6) is -0.869. The summed E-state index contributed by atoms with van der Waals surface area (Å²) in [4.78, 5) is 24.2. The minimum atomic E-state index is -3.94. The third-order valence-corrected chi connectivity index (χ3v) is 8.07. The van der Waals surface area contributed by atoms with Crippen molar-refractivity contribution < 1.29 is 27.9 Å². The Bertz CT molecular complexity index is 1030. The number of aryl methyl sites for hydroxylation is 1. The van der Waals surface area contributed by atoms with Crippen LogP contribution in [0.5, 0.6) is 5.75 Å². The van der Waals surface area contributed by atoms with Crippen LogP contribution in [-0.4, -0.2) is 37.9 Å². The average Bonchev–Trinajstić information content (AvgIpc) is 3.21. The summed E-state index contributed by atoms with van der Waals surface area (Å²) in [6.07, 6.45) is 0.514. The second-order valence-electron chi connectivity index (χ2n) is 6.53. The number of amides is 1. The molecule has 3 N–H and O–H groups in total. The van der Waals surface area contributed by atoms with E-state index in [9.17, 15) is 23.1 Å². The lowest BCUT2D eigenvalue weighted by Gasteiger charge is -2.08. The molecule has 0 bridgehead atoms. The number of benzene rings is 1. The van der Waals surface area contributed by atoms with Gasteiger partial charge in [0.25, 0.3) is 0 Å². The molecule has 27 heavy (non-hydrogen) atoms. The van der Waals surface area contributed by atoms with E-state index < -0.39 is 27.1 Å². The minimum Gasteiger partial charge on any atom is -0.497 e. The Morgan fingerprint density at radius 1 is 1.30 bits per heavy atom. The van der Waals surface area contributed by atoms with E-state index in [-0.39, 0.29) is 26.0 Å². The van der Waals surface area contributed by atoms with Gasteiger partial charge in [-0.1, -0.05) is 6.07 Å². The van der Waals surface area contributed by atoms with Gasteiger partial charge < -0.3 is 15.6 Å². The van der Waals surface area contributed by atoms with Crippen LogP contribution in [0.3, 0.4) is 0 Å². The van der Waals surface area contributed by atoms with Gasteiger partial charge in [0.2, 0.25) is 15.7 Å². The summed E-state index contributed by atoms with van der Waals surface area (Å²) in [6.45, 7) is 1.65. The SMILES string of the molecule is COc1ccc(C)c(S(=O)(=O)c2cc(C(N)=O)c(CC(=O)C3(O)CC3)s2)c1. The first-order chi connectivity index (χ1) is 12.6. The summed E-state index contributed by atoms with van der Waals surface area (Å²) < 4.78 is 31.2. The average molecular weight is 409 g/mol. The van der Waals surface area contributed by atoms with Crippen LogP contribution < -0.4 is 10.5 Å². The Balaban J connectivity index is 2.05. The quantitative estimate of drug-likeness (QED) is 0.716. The number of thiophene rings is 1. The maximum atomic E-state index is 13.1. The van der Waals surface area contributed by atoms with Crippen LogP contribution in [0.1, 0.15) is 33.6 Å². The smallest absolute Gasteiger partial charge is 0.249 e. The number of ketones is 1. The molecule has 1 aromatic heterocycles. The van der Waals surface area contributed by atoms with Crippen molar-refractivity contribution in [2.24, 2.45) is 5.73 Å². The maximum absolute atomic E-state index is 13.1. The number of hydrogen-bond donors (Lipinski definition) is 2. The molecule has 0 spiro atoms. The molecule has 144 valence electrons. The number of rotatable bonds is 7. The number of aliphatic hydroxyl groups is 1. The zero-order chi connectivity index (χ0) is 20.0. The predicted molar refractivity (Wildman–Crippen MR) is 98.9 cm³/mol. The van der Waals surface area contributed by atoms with Crippen molar-refractivity contribution in [2.45, 2.75) is 40.9 Å². The van der Waals surface area contributed by atoms with Crippen molar-refractivity contribution in [3.05, 3.63) is 40.3 Å². The van der Waals surface area contributed by atoms with Gasteiger partial charge in [0.05, 0.1) is 17.6 Å². The van der Waals surface area contributed by atoms with Crippen LogP contribution in [-0.2, 0) is 21.1 Å². The van der Waals surface area contributed by atoms with Crippen LogP contribution in [0.4, 0.5) is 0 Å². The Kier molecular flexibility index (Phi) is 4.87. The van der Waals surface area contributed by atoms with E-state index in [0.29, 0.717) is 24.2 Å². The van der Waals surface area contributed by atoms with Crippen LogP contribution in [0.25, 0.3) is 0 Å². The molecule has 1 aromatic carbocycles. The summed E-state index contributed by atoms with van der Waals surface area (Å²) in [5, 5.41) is 9.93. The van der Waals surface area contributed by atoms with Gasteiger partial charge in [0, 0.05) is 11.3 Å². The lowest BCUT2D eigenvalue weighted by molar-refractivity contribution is -0.128. The number of carbonyl (C=O) groups excluding carboxylic acids is 2. The van der Waals surface area contributed by atoms with Gasteiger partial charge in [-0.2, -0.15) is 0 Å². The molecule has 0 saturated heterocycles. The maximum Gasteiger partial charge on any atom is 0.249 e. The van der Waals surface area contributed by atoms with Crippen molar-refractivity contribution in [2.75, 3.05) is 7.11 Å². The zero-order valence-corrected chi connectivity index (χ0v) is 16.4. The van der Waals surface area contributed by atoms with Gasteiger partial charge in [-0.3, -0.25) is 9.59 Å². The molecule has 3 rings (SSSR count). The molecule has 1 aliphatic carbocycles. The third kappa shape index (κ3) is 3.62. The van der Waals surface area contributed by atoms with Crippen LogP contribution >= 0.6 is 11.3 Å². The first-order valence-corrected chi connectivity index (χ1v) is 10.5. The van der Waals surface area contributed by atoms with Gasteiger partial charge >= 0.3 is 0 Å². The Hall–Kier alpha value is -2.23. The standard InChI is InChI=1S/C18H19NO6S2/c1-10-3-4-11(25-2)7-14(10)27(23,24)16-8-12(17(19)21)13(26-16)9-15(20)18(22)5-6-18/h3-4,7-8,22H,5-6,9H2,1-2H3,(H2,19,21). The zero-order valence-electron chi connectivity index (χ0n) is 14.8. The first-order valence-electron chi connectivity index (χ1n) is 8.16. The number of methoxy groups -OCH3 is 1. The highest BCUT2D eigenvalue weighted by molar-refractivity contribution is 7.93. The molecule has 7 nitrogen and oxygen atoms in total. The minimum absolute atomic E-state index is 0.0169. The Morgan fingerprint density at radius 3 is 2.52 bits per heavy atom. The fraction of sp³-hybridized carbons (Fsp3) is 0.333. The fourth-order valence-corrected chi connectivity index (χ4v) is 5.84. The normalized spacial score (nSPS) is 15.4. The molecule has 0 aliphatic heterocycles. The first kappa shape index (κ1) is 19.5. The molecular weight excluding hydrogens is 390 g/mol. The van der Waals surface area contributed by atoms with Gasteiger partial charge in [0.15, 0.2) is 5.78 Å². The third-order valence-electron chi connectivity index (χ3n) is 4.57. The van der Waals surface area contributed by atoms with Crippen molar-refractivity contribution in [3.63, 3.8) is 0 Å². The topological polar surface area (TPSA) is 124 Å². The number of carbonyl (C=O) groups is 2. The lowest BCUT2D eigenvalue weighted by Crippen LogP contribution is -2.24. The van der Waals surface area contributed by atoms with Gasteiger partial charge in [0.1, 0.15) is 15.6 Å². The number of Topliss-reactive ketones (excluding diaryl/α,β-unsaturated/α-hetero) is 1. The highest BCUT2D eigenvalue weighted by Crippen LogP contribution is 2.39. The number of primary amides is 1. The van der Waals surface area contributed by atoms with Crippen LogP contribution in [0.2, 0.25) is 0 Å². The molecule has 0 unspecified atom stereocenters. The molecule has 0 radical (unpaired) electrons. The molecule has 1 heterocycles. The van der Waals surface area contributed by atoms with Crippen LogP contribution in [0.15, 0.2) is 33.4 Å². The second-order valence-corrected chi connectivity index (χ2v) is 9.81. The monoisotopic (exact) mass is 409 g/mol. The number of hydrogen-bond acceptors (Lipinski definition) is 7. The highest BCUT2D eigenvalue weighted by atomic mass is 32.2. The number of sulfone groups is 1. The Labute approximate surface area is 160 Å². The van der Waals surface area contributed by atoms with E-state index in [2.05, 4.69) is 0 Å². The van der Waals surface area contributed by atoms with E-state index in [1.807, 2.05) is 0 Å². The Morgan fingerprint density at radius 2 is 1.96 bits per heavy atom. The van der Waals surface area contributed by atoms with E-state index in [0.717, 1.165) is 11.3 Å². The molecule has 9 heteroatoms. The van der Waals surface area contributed by atoms with Crippen molar-refractivity contribution >= 4 is 32.9 Å². The number of ether oxygens (including phenoxy) is 1. The second kappa shape index (κ2) is 6.74. The predicted octanol–water partition coefficient (Wildman–Crippen LogP) is 1.63.